The van der Waals surface area contributed by atoms with Crippen LogP contribution in [0.1, 0.15) is 0 Å². The zero-order chi connectivity index (χ0) is 15.1. The number of anilines is 1. The van der Waals surface area contributed by atoms with Gasteiger partial charge in [0.1, 0.15) is 11.6 Å². The Hall–Kier alpha value is -1.25. The topological polar surface area (TPSA) is 54.7 Å². The molecule has 0 spiro atoms. The molecule has 21 heavy (non-hydrogen) atoms. The highest BCUT2D eigenvalue weighted by Crippen LogP contribution is 2.43. The van der Waals surface area contributed by atoms with Gasteiger partial charge in [0.05, 0.1) is 18.8 Å². The number of thiophene rings is 1. The molecular weight excluding hydrogens is 428 g/mol. The Kier molecular flexibility index (Phi) is 3.85. The van der Waals surface area contributed by atoms with Crippen LogP contribution in [0, 0.1) is 11.6 Å². The Morgan fingerprint density at radius 2 is 1.90 bits per heavy atom. The van der Waals surface area contributed by atoms with Crippen molar-refractivity contribution < 1.29 is 8.78 Å². The third-order valence-electron chi connectivity index (χ3n) is 2.92. The fraction of sp³-hybridized carbons (Fsp3) is 0. The maximum atomic E-state index is 14.0. The molecule has 0 aliphatic carbocycles. The molecule has 0 atom stereocenters. The first-order valence-corrected chi connectivity index (χ1v) is 8.12. The number of aromatic nitrogens is 2. The van der Waals surface area contributed by atoms with Gasteiger partial charge in [0.2, 0.25) is 0 Å². The van der Waals surface area contributed by atoms with Crippen LogP contribution in [0.5, 0.6) is 0 Å². The SMILES string of the molecule is Nc1n[nH]c(-c2cc(Br)sc2Br)c1-c1ccc(F)cc1F. The van der Waals surface area contributed by atoms with E-state index in [-0.39, 0.29) is 11.4 Å². The summed E-state index contributed by atoms with van der Waals surface area (Å²) in [5.41, 5.74) is 7.84. The molecule has 8 heteroatoms. The second kappa shape index (κ2) is 5.51. The van der Waals surface area contributed by atoms with E-state index in [2.05, 4.69) is 42.1 Å². The Morgan fingerprint density at radius 1 is 1.14 bits per heavy atom. The molecule has 0 fully saturated rings. The van der Waals surface area contributed by atoms with Crippen LogP contribution in [0.3, 0.4) is 0 Å². The molecule has 3 nitrogen and oxygen atoms in total. The first-order valence-electron chi connectivity index (χ1n) is 5.72. The molecule has 0 radical (unpaired) electrons. The van der Waals surface area contributed by atoms with Gasteiger partial charge in [-0.2, -0.15) is 5.10 Å². The molecule has 3 N–H and O–H groups in total. The number of nitrogens with one attached hydrogen (secondary N) is 1. The van der Waals surface area contributed by atoms with Crippen molar-refractivity contribution in [3.05, 3.63) is 43.5 Å². The van der Waals surface area contributed by atoms with Gasteiger partial charge in [0.15, 0.2) is 5.82 Å². The van der Waals surface area contributed by atoms with E-state index < -0.39 is 11.6 Å². The lowest BCUT2D eigenvalue weighted by Crippen LogP contribution is -1.92. The third kappa shape index (κ3) is 2.63. The van der Waals surface area contributed by atoms with Crippen LogP contribution in [0.2, 0.25) is 0 Å². The molecular formula is C13H7Br2F2N3S. The minimum absolute atomic E-state index is 0.157. The number of rotatable bonds is 2. The van der Waals surface area contributed by atoms with Crippen molar-refractivity contribution in [3.63, 3.8) is 0 Å². The van der Waals surface area contributed by atoms with Crippen LogP contribution >= 0.6 is 43.2 Å². The number of nitrogens with two attached hydrogens (primary N) is 1. The highest BCUT2D eigenvalue weighted by molar-refractivity contribution is 9.12. The van der Waals surface area contributed by atoms with Gasteiger partial charge in [-0.3, -0.25) is 5.10 Å². The Bertz CT molecular complexity index is 829. The van der Waals surface area contributed by atoms with Gasteiger partial charge >= 0.3 is 0 Å². The molecule has 2 heterocycles. The number of H-pyrrole nitrogens is 1. The van der Waals surface area contributed by atoms with Gasteiger partial charge in [-0.25, -0.2) is 8.78 Å². The van der Waals surface area contributed by atoms with E-state index >= 15 is 0 Å². The van der Waals surface area contributed by atoms with Gasteiger partial charge < -0.3 is 5.73 Å². The second-order valence-corrected chi connectivity index (χ2v) is 7.97. The molecule has 0 saturated heterocycles. The quantitative estimate of drug-likeness (QED) is 0.583. The van der Waals surface area contributed by atoms with E-state index in [0.717, 1.165) is 19.2 Å². The van der Waals surface area contributed by atoms with Crippen molar-refractivity contribution in [2.24, 2.45) is 0 Å². The zero-order valence-electron chi connectivity index (χ0n) is 10.3. The zero-order valence-corrected chi connectivity index (χ0v) is 14.2. The summed E-state index contributed by atoms with van der Waals surface area (Å²) in [6, 6.07) is 5.23. The number of halogens is 4. The summed E-state index contributed by atoms with van der Waals surface area (Å²) in [4.78, 5) is 0. The summed E-state index contributed by atoms with van der Waals surface area (Å²) < 4.78 is 28.9. The molecule has 0 bridgehead atoms. The monoisotopic (exact) mass is 433 g/mol. The molecule has 3 rings (SSSR count). The van der Waals surface area contributed by atoms with Crippen LogP contribution in [-0.4, -0.2) is 10.2 Å². The third-order valence-corrected chi connectivity index (χ3v) is 5.26. The average molecular weight is 435 g/mol. The highest BCUT2D eigenvalue weighted by Gasteiger charge is 2.21. The Labute approximate surface area is 139 Å². The van der Waals surface area contributed by atoms with Crippen LogP contribution in [-0.2, 0) is 0 Å². The largest absolute Gasteiger partial charge is 0.382 e. The summed E-state index contributed by atoms with van der Waals surface area (Å²) in [5.74, 6) is -1.17. The molecule has 0 aliphatic heterocycles. The molecule has 108 valence electrons. The normalized spacial score (nSPS) is 11.0. The van der Waals surface area contributed by atoms with Gasteiger partial charge in [-0.15, -0.1) is 11.3 Å². The number of aromatic amines is 1. The van der Waals surface area contributed by atoms with Gasteiger partial charge in [-0.1, -0.05) is 0 Å². The van der Waals surface area contributed by atoms with Gasteiger partial charge in [0, 0.05) is 17.2 Å². The summed E-state index contributed by atoms with van der Waals surface area (Å²) >= 11 is 8.31. The average Bonchev–Trinajstić information content (AvgIpc) is 2.93. The lowest BCUT2D eigenvalue weighted by molar-refractivity contribution is 0.585. The number of hydrogen-bond acceptors (Lipinski definition) is 3. The van der Waals surface area contributed by atoms with Gasteiger partial charge in [-0.05, 0) is 50.1 Å². The van der Waals surface area contributed by atoms with Crippen molar-refractivity contribution in [1.82, 2.24) is 10.2 Å². The summed E-state index contributed by atoms with van der Waals surface area (Å²) in [7, 11) is 0. The van der Waals surface area contributed by atoms with Crippen LogP contribution in [0.25, 0.3) is 22.4 Å². The molecule has 0 unspecified atom stereocenters. The van der Waals surface area contributed by atoms with Crippen LogP contribution in [0.15, 0.2) is 31.8 Å². The molecule has 1 aromatic carbocycles. The molecule has 3 aromatic rings. The van der Waals surface area contributed by atoms with E-state index in [1.165, 1.54) is 23.5 Å². The van der Waals surface area contributed by atoms with Crippen molar-refractivity contribution in [3.8, 4) is 22.4 Å². The highest BCUT2D eigenvalue weighted by atomic mass is 79.9. The smallest absolute Gasteiger partial charge is 0.153 e. The predicted octanol–water partition coefficient (Wildman–Crippen LogP) is 5.19. The summed E-state index contributed by atoms with van der Waals surface area (Å²) in [6.07, 6.45) is 0. The van der Waals surface area contributed by atoms with Crippen LogP contribution < -0.4 is 5.73 Å². The first-order chi connectivity index (χ1) is 9.97. The Morgan fingerprint density at radius 3 is 2.52 bits per heavy atom. The second-order valence-electron chi connectivity index (χ2n) is 4.22. The molecule has 0 saturated carbocycles. The van der Waals surface area contributed by atoms with Crippen molar-refractivity contribution >= 4 is 49.0 Å². The number of nitrogens with zero attached hydrogens (tertiary/aromatic N) is 1. The first kappa shape index (κ1) is 14.7. The van der Waals surface area contributed by atoms with E-state index in [4.69, 9.17) is 5.73 Å². The maximum Gasteiger partial charge on any atom is 0.153 e. The molecule has 2 aromatic heterocycles. The lowest BCUT2D eigenvalue weighted by atomic mass is 10.0. The van der Waals surface area contributed by atoms with E-state index in [0.29, 0.717) is 11.3 Å². The minimum atomic E-state index is -0.685. The van der Waals surface area contributed by atoms with Crippen molar-refractivity contribution in [2.75, 3.05) is 5.73 Å². The summed E-state index contributed by atoms with van der Waals surface area (Å²) in [5, 5.41) is 6.75. The number of nitrogen functional groups attached to an aromatic ring is 1. The van der Waals surface area contributed by atoms with E-state index in [1.807, 2.05) is 6.07 Å². The fourth-order valence-corrected chi connectivity index (χ4v) is 4.85. The predicted molar refractivity (Wildman–Crippen MR) is 87.1 cm³/mol. The Balaban J connectivity index is 2.24. The van der Waals surface area contributed by atoms with E-state index in [9.17, 15) is 8.78 Å². The standard InChI is InChI=1S/C13H7Br2F2N3S/c14-9-4-7(12(15)21-9)11-10(13(18)20-19-11)6-2-1-5(16)3-8(6)17/h1-4H,(H3,18,19,20). The van der Waals surface area contributed by atoms with Gasteiger partial charge in [0.25, 0.3) is 0 Å². The van der Waals surface area contributed by atoms with Crippen LogP contribution in [0.4, 0.5) is 14.6 Å². The number of hydrogen-bond donors (Lipinski definition) is 2. The fourth-order valence-electron chi connectivity index (χ4n) is 2.03. The van der Waals surface area contributed by atoms with Crippen molar-refractivity contribution in [2.45, 2.75) is 0 Å². The molecule has 0 amide bonds. The minimum Gasteiger partial charge on any atom is -0.382 e. The number of benzene rings is 1. The van der Waals surface area contributed by atoms with E-state index in [1.54, 1.807) is 0 Å². The molecule has 0 aliphatic rings. The lowest BCUT2D eigenvalue weighted by Gasteiger charge is -2.05. The summed E-state index contributed by atoms with van der Waals surface area (Å²) in [6.45, 7) is 0. The maximum absolute atomic E-state index is 14.0. The van der Waals surface area contributed by atoms with Crippen molar-refractivity contribution in [1.29, 1.82) is 0 Å².